The number of benzene rings is 4. The first kappa shape index (κ1) is 40.5. The van der Waals surface area contributed by atoms with Crippen LogP contribution in [0.3, 0.4) is 0 Å². The monoisotopic (exact) mass is 799 g/mol. The third-order valence-electron chi connectivity index (χ3n) is 9.57. The van der Waals surface area contributed by atoms with Crippen LogP contribution in [0.15, 0.2) is 88.7 Å². The molecule has 1 atom stereocenters. The Hall–Kier alpha value is -4.71. The summed E-state index contributed by atoms with van der Waals surface area (Å²) >= 11 is 0. The molecule has 6 rings (SSSR count). The van der Waals surface area contributed by atoms with Crippen molar-refractivity contribution in [3.05, 3.63) is 112 Å². The summed E-state index contributed by atoms with van der Waals surface area (Å²) in [7, 11) is -8.68. The Kier molecular flexibility index (Phi) is 12.6. The molecule has 0 saturated carbocycles. The van der Waals surface area contributed by atoms with E-state index in [4.69, 9.17) is 0 Å². The van der Waals surface area contributed by atoms with Crippen LogP contribution < -0.4 is 28.2 Å². The summed E-state index contributed by atoms with van der Waals surface area (Å²) in [6, 6.07) is 20.6. The van der Waals surface area contributed by atoms with Crippen molar-refractivity contribution in [2.75, 3.05) is 26.2 Å². The molecule has 0 fully saturated rings. The standard InChI is InChI=1S/C37H41N5O9S2.ClH/c38-15-6-16-39-36(46)31(19-24-7-2-1-3-8-24)40-52(48,49)29-12-11-26-13-17-41(22-28(26)20-29)37(47)30-21-32(34(44)35(45)33(30)43)53(50,51)42-18-14-25-9-4-5-10-27(25)23-42;/h1-5,7-12,20-21,31,40,43-45H,6,13-19,22-23,38H2,(H,39,46);1H/t31-;/m0./s1. The lowest BCUT2D eigenvalue weighted by molar-refractivity contribution is -0.367. The van der Waals surface area contributed by atoms with Gasteiger partial charge < -0.3 is 43.7 Å². The average molecular weight is 800 g/mol. The van der Waals surface area contributed by atoms with E-state index in [0.29, 0.717) is 37.9 Å². The topological polar surface area (TPSA) is 221 Å². The number of hydrogen-bond donors (Lipinski definition) is 6. The van der Waals surface area contributed by atoms with Crippen LogP contribution in [0.4, 0.5) is 0 Å². The highest BCUT2D eigenvalue weighted by molar-refractivity contribution is 7.89. The number of hydrogen-bond acceptors (Lipinski definition) is 9. The van der Waals surface area contributed by atoms with Crippen molar-refractivity contribution in [2.24, 2.45) is 0 Å². The van der Waals surface area contributed by atoms with Crippen LogP contribution in [-0.4, -0.2) is 85.4 Å². The van der Waals surface area contributed by atoms with Crippen molar-refractivity contribution in [3.63, 3.8) is 0 Å². The molecule has 0 spiro atoms. The minimum absolute atomic E-state index is 0. The first-order valence-electron chi connectivity index (χ1n) is 17.2. The largest absolute Gasteiger partial charge is 1.00 e. The van der Waals surface area contributed by atoms with Gasteiger partial charge in [0.05, 0.1) is 17.0 Å². The molecule has 0 unspecified atom stereocenters. The van der Waals surface area contributed by atoms with Crippen molar-refractivity contribution >= 4 is 31.9 Å². The van der Waals surface area contributed by atoms with E-state index in [9.17, 15) is 41.7 Å². The Balaban J connectivity index is 0.00000561. The number of rotatable bonds is 12. The maximum atomic E-state index is 13.9. The van der Waals surface area contributed by atoms with Gasteiger partial charge in [0, 0.05) is 39.1 Å². The average Bonchev–Trinajstić information content (AvgIpc) is 3.16. The van der Waals surface area contributed by atoms with Gasteiger partial charge in [0.2, 0.25) is 31.7 Å². The van der Waals surface area contributed by atoms with E-state index in [1.54, 1.807) is 42.5 Å². The normalized spacial score (nSPS) is 15.0. The quantitative estimate of drug-likeness (QED) is 0.0716. The third kappa shape index (κ3) is 8.48. The van der Waals surface area contributed by atoms with Crippen LogP contribution in [-0.2, 0) is 57.2 Å². The van der Waals surface area contributed by atoms with Gasteiger partial charge in [-0.1, -0.05) is 60.7 Å². The highest BCUT2D eigenvalue weighted by Crippen LogP contribution is 2.44. The Morgan fingerprint density at radius 2 is 1.44 bits per heavy atom. The number of carbonyl (C=O) groups excluding carboxylic acids is 2. The summed E-state index contributed by atoms with van der Waals surface area (Å²) < 4.78 is 58.6. The van der Waals surface area contributed by atoms with Crippen LogP contribution in [0.2, 0.25) is 0 Å². The molecule has 8 N–H and O–H groups in total. The number of nitrogens with one attached hydrogen (secondary N) is 2. The number of carbonyl (C=O) groups is 2. The molecule has 4 aromatic carbocycles. The van der Waals surface area contributed by atoms with Crippen LogP contribution >= 0.6 is 0 Å². The number of nitrogens with zero attached hydrogens (tertiary/aromatic N) is 2. The summed E-state index contributed by atoms with van der Waals surface area (Å²) in [6.07, 6.45) is 1.46. The lowest BCUT2D eigenvalue weighted by Crippen LogP contribution is -3.00. The predicted molar refractivity (Wildman–Crippen MR) is 194 cm³/mol. The number of quaternary nitrogens is 1. The fourth-order valence-corrected chi connectivity index (χ4v) is 9.37. The number of sulfonamides is 2. The Bertz CT molecular complexity index is 2260. The molecule has 0 radical (unpaired) electrons. The van der Waals surface area contributed by atoms with Crippen LogP contribution in [0.25, 0.3) is 0 Å². The van der Waals surface area contributed by atoms with Gasteiger partial charge in [-0.15, -0.1) is 0 Å². The number of fused-ring (bicyclic) bond motifs is 2. The van der Waals surface area contributed by atoms with Crippen LogP contribution in [0.5, 0.6) is 17.2 Å². The van der Waals surface area contributed by atoms with E-state index in [2.05, 4.69) is 15.8 Å². The molecule has 2 amide bonds. The van der Waals surface area contributed by atoms with Gasteiger partial charge in [0.1, 0.15) is 10.9 Å². The Morgan fingerprint density at radius 1 is 0.778 bits per heavy atom. The van der Waals surface area contributed by atoms with E-state index in [-0.39, 0.29) is 49.9 Å². The second-order valence-corrected chi connectivity index (χ2v) is 16.7. The van der Waals surface area contributed by atoms with Crippen molar-refractivity contribution in [3.8, 4) is 17.2 Å². The van der Waals surface area contributed by atoms with Gasteiger partial charge in [0.25, 0.3) is 5.91 Å². The zero-order chi connectivity index (χ0) is 37.9. The second kappa shape index (κ2) is 16.8. The minimum Gasteiger partial charge on any atom is -1.00 e. The molecule has 0 saturated heterocycles. The van der Waals surface area contributed by atoms with E-state index in [0.717, 1.165) is 32.6 Å². The van der Waals surface area contributed by atoms with Gasteiger partial charge in [0.15, 0.2) is 11.5 Å². The fourth-order valence-electron chi connectivity index (χ4n) is 6.60. The second-order valence-electron chi connectivity index (χ2n) is 13.1. The summed E-state index contributed by atoms with van der Waals surface area (Å²) in [5, 5.41) is 34.9. The fraction of sp³-hybridized carbons (Fsp3) is 0.297. The predicted octanol–water partition coefficient (Wildman–Crippen LogP) is -1.61. The van der Waals surface area contributed by atoms with E-state index < -0.39 is 65.6 Å². The highest BCUT2D eigenvalue weighted by atomic mass is 35.5. The number of aromatic hydroxyl groups is 3. The first-order valence-corrected chi connectivity index (χ1v) is 20.1. The lowest BCUT2D eigenvalue weighted by Gasteiger charge is -2.30. The third-order valence-corrected chi connectivity index (χ3v) is 12.9. The maximum Gasteiger partial charge on any atom is 0.258 e. The maximum absolute atomic E-state index is 13.9. The number of phenols is 3. The van der Waals surface area contributed by atoms with E-state index in [1.807, 2.05) is 18.2 Å². The van der Waals surface area contributed by atoms with Crippen molar-refractivity contribution < 1.29 is 59.9 Å². The Morgan fingerprint density at radius 3 is 2.17 bits per heavy atom. The van der Waals surface area contributed by atoms with Crippen molar-refractivity contribution in [2.45, 2.75) is 54.6 Å². The summed E-state index contributed by atoms with van der Waals surface area (Å²) in [5.74, 6) is -4.53. The summed E-state index contributed by atoms with van der Waals surface area (Å²) in [6.45, 7) is 1.08. The van der Waals surface area contributed by atoms with Crippen molar-refractivity contribution in [1.82, 2.24) is 19.2 Å². The van der Waals surface area contributed by atoms with Gasteiger partial charge in [-0.25, -0.2) is 16.8 Å². The number of amides is 2. The smallest absolute Gasteiger partial charge is 0.258 e. The summed E-state index contributed by atoms with van der Waals surface area (Å²) in [4.78, 5) is 27.4. The van der Waals surface area contributed by atoms with Crippen LogP contribution in [0, 0.1) is 0 Å². The molecule has 14 nitrogen and oxygen atoms in total. The van der Waals surface area contributed by atoms with E-state index in [1.165, 1.54) is 17.0 Å². The van der Waals surface area contributed by atoms with Gasteiger partial charge in [-0.2, -0.15) is 9.03 Å². The van der Waals surface area contributed by atoms with Gasteiger partial charge >= 0.3 is 0 Å². The molecule has 4 aromatic rings. The van der Waals surface area contributed by atoms with E-state index >= 15 is 0 Å². The molecule has 0 aromatic heterocycles. The molecule has 0 bridgehead atoms. The highest BCUT2D eigenvalue weighted by Gasteiger charge is 2.36. The van der Waals surface area contributed by atoms with Gasteiger partial charge in [-0.05, 0) is 65.3 Å². The minimum atomic E-state index is -4.44. The lowest BCUT2D eigenvalue weighted by atomic mass is 9.99. The molecule has 2 heterocycles. The molecule has 54 heavy (non-hydrogen) atoms. The molecule has 17 heteroatoms. The van der Waals surface area contributed by atoms with Crippen molar-refractivity contribution in [1.29, 1.82) is 0 Å². The number of halogens is 1. The number of phenolic OH excluding ortho intramolecular Hbond substituents is 3. The molecule has 2 aliphatic heterocycles. The zero-order valence-electron chi connectivity index (χ0n) is 29.2. The van der Waals surface area contributed by atoms with Gasteiger partial charge in [-0.3, -0.25) is 9.59 Å². The van der Waals surface area contributed by atoms with Crippen LogP contribution in [0.1, 0.15) is 44.6 Å². The first-order chi connectivity index (χ1) is 25.3. The molecular weight excluding hydrogens is 758 g/mol. The summed E-state index contributed by atoms with van der Waals surface area (Å²) in [5.41, 5.74) is 7.00. The molecule has 0 aliphatic carbocycles. The Labute approximate surface area is 320 Å². The molecular formula is C37H42ClN5O9S2. The SMILES string of the molecule is [Cl-].[NH3+]CCCNC(=O)[C@H](Cc1ccccc1)NS(=O)(=O)c1ccc2c(c1)CN(C(=O)c1cc(S(=O)(=O)N3CCc4ccccc4C3)c(O)c(O)c1O)CC2. The molecule has 288 valence electrons. The molecule has 2 aliphatic rings. The zero-order valence-corrected chi connectivity index (χ0v) is 31.6.